The highest BCUT2D eigenvalue weighted by Crippen LogP contribution is 2.25. The van der Waals surface area contributed by atoms with Gasteiger partial charge in [0, 0.05) is 6.08 Å². The van der Waals surface area contributed by atoms with E-state index in [9.17, 15) is 14.7 Å². The predicted molar refractivity (Wildman–Crippen MR) is 84.0 cm³/mol. The highest BCUT2D eigenvalue weighted by Gasteiger charge is 2.24. The number of amidine groups is 1. The van der Waals surface area contributed by atoms with E-state index >= 15 is 0 Å². The Morgan fingerprint density at radius 1 is 1.50 bits per heavy atom. The Labute approximate surface area is 134 Å². The van der Waals surface area contributed by atoms with Crippen molar-refractivity contribution in [3.8, 4) is 5.75 Å². The van der Waals surface area contributed by atoms with E-state index in [1.165, 1.54) is 19.4 Å². The third kappa shape index (κ3) is 3.86. The molecule has 0 aromatic heterocycles. The van der Waals surface area contributed by atoms with E-state index in [1.807, 2.05) is 0 Å². The molecule has 1 aliphatic rings. The zero-order valence-electron chi connectivity index (χ0n) is 11.2. The van der Waals surface area contributed by atoms with Crippen molar-refractivity contribution in [3.63, 3.8) is 0 Å². The lowest BCUT2D eigenvalue weighted by Gasteiger charge is -1.99. The Morgan fingerprint density at radius 3 is 2.95 bits per heavy atom. The van der Waals surface area contributed by atoms with Crippen molar-refractivity contribution in [1.29, 1.82) is 0 Å². The second-order valence-corrected chi connectivity index (χ2v) is 5.35. The molecular weight excluding hydrogens is 330 g/mol. The topological polar surface area (TPSA) is 100 Å². The fraction of sp³-hybridized carbons (Fsp3) is 0.0769. The summed E-state index contributed by atoms with van der Waals surface area (Å²) in [6, 6.07) is 4.65. The van der Waals surface area contributed by atoms with Gasteiger partial charge in [-0.2, -0.15) is 5.10 Å². The van der Waals surface area contributed by atoms with Crippen molar-refractivity contribution >= 4 is 46.6 Å². The molecule has 0 bridgehead atoms. The Kier molecular flexibility index (Phi) is 5.18. The summed E-state index contributed by atoms with van der Waals surface area (Å²) >= 11 is 6.86. The lowest BCUT2D eigenvalue weighted by Crippen LogP contribution is -2.19. The molecule has 22 heavy (non-hydrogen) atoms. The largest absolute Gasteiger partial charge is 0.507 e. The Morgan fingerprint density at radius 2 is 2.27 bits per heavy atom. The number of methoxy groups -OCH3 is 1. The maximum absolute atomic E-state index is 11.6. The van der Waals surface area contributed by atoms with E-state index in [2.05, 4.69) is 20.3 Å². The third-order valence-corrected chi connectivity index (χ3v) is 3.70. The third-order valence-electron chi connectivity index (χ3n) is 2.47. The highest BCUT2D eigenvalue weighted by molar-refractivity contribution is 8.18. The molecule has 2 N–H and O–H groups in total. The molecule has 1 aliphatic heterocycles. The van der Waals surface area contributed by atoms with Crippen LogP contribution in [-0.4, -0.2) is 35.5 Å². The summed E-state index contributed by atoms with van der Waals surface area (Å²) in [5, 5.41) is 20.1. The number of aromatic hydroxyl groups is 1. The first-order valence-electron chi connectivity index (χ1n) is 5.88. The smallest absolute Gasteiger partial charge is 0.331 e. The molecule has 0 atom stereocenters. The molecule has 2 rings (SSSR count). The van der Waals surface area contributed by atoms with Gasteiger partial charge >= 0.3 is 5.97 Å². The number of rotatable bonds is 3. The number of amides is 1. The number of benzene rings is 1. The van der Waals surface area contributed by atoms with Gasteiger partial charge < -0.3 is 9.84 Å². The van der Waals surface area contributed by atoms with Gasteiger partial charge in [0.25, 0.3) is 5.91 Å². The summed E-state index contributed by atoms with van der Waals surface area (Å²) in [5.41, 5.74) is 0.313. The minimum Gasteiger partial charge on any atom is -0.507 e. The average Bonchev–Trinajstić information content (AvgIpc) is 2.82. The van der Waals surface area contributed by atoms with E-state index < -0.39 is 11.9 Å². The van der Waals surface area contributed by atoms with Crippen LogP contribution in [0.15, 0.2) is 39.4 Å². The van der Waals surface area contributed by atoms with E-state index in [1.54, 1.807) is 12.1 Å². The molecule has 9 heteroatoms. The number of phenolic OH excluding ortho intramolecular Hbond substituents is 1. The Hall–Kier alpha value is -2.32. The quantitative estimate of drug-likeness (QED) is 0.377. The number of phenols is 1. The fourth-order valence-electron chi connectivity index (χ4n) is 1.43. The number of thioether (sulfide) groups is 1. The number of halogens is 1. The van der Waals surface area contributed by atoms with Crippen LogP contribution in [0.25, 0.3) is 0 Å². The molecule has 0 radical (unpaired) electrons. The SMILES string of the molecule is COC(=O)/C=C1/S/C(=N\N=Cc2c(O)cccc2Cl)NC1=O. The lowest BCUT2D eigenvalue weighted by molar-refractivity contribution is -0.135. The van der Waals surface area contributed by atoms with E-state index in [0.717, 1.165) is 17.8 Å². The molecule has 1 fully saturated rings. The van der Waals surface area contributed by atoms with E-state index in [4.69, 9.17) is 11.6 Å². The maximum Gasteiger partial charge on any atom is 0.331 e. The van der Waals surface area contributed by atoms with Crippen LogP contribution in [-0.2, 0) is 14.3 Å². The molecule has 7 nitrogen and oxygen atoms in total. The number of nitrogens with zero attached hydrogens (tertiary/aromatic N) is 2. The normalized spacial score (nSPS) is 18.2. The van der Waals surface area contributed by atoms with Crippen molar-refractivity contribution in [3.05, 3.63) is 39.8 Å². The summed E-state index contributed by atoms with van der Waals surface area (Å²) in [6.45, 7) is 0. The standard InChI is InChI=1S/C13H10ClN3O4S/c1-21-11(19)5-10-12(20)16-13(22-10)17-15-6-7-8(14)3-2-4-9(7)18/h2-6,18H,1H3,(H,16,17,20)/b10-5+,15-6?. The van der Waals surface area contributed by atoms with Crippen LogP contribution in [0.5, 0.6) is 5.75 Å². The number of carbonyl (C=O) groups is 2. The molecule has 0 aliphatic carbocycles. The van der Waals surface area contributed by atoms with Gasteiger partial charge in [0.1, 0.15) is 5.75 Å². The van der Waals surface area contributed by atoms with Gasteiger partial charge in [0.2, 0.25) is 0 Å². The van der Waals surface area contributed by atoms with Gasteiger partial charge in [0.15, 0.2) is 5.17 Å². The van der Waals surface area contributed by atoms with E-state index in [-0.39, 0.29) is 15.8 Å². The average molecular weight is 340 g/mol. The van der Waals surface area contributed by atoms with Gasteiger partial charge in [-0.3, -0.25) is 10.1 Å². The number of esters is 1. The second kappa shape index (κ2) is 7.10. The van der Waals surface area contributed by atoms with Crippen molar-refractivity contribution < 1.29 is 19.4 Å². The molecule has 1 saturated heterocycles. The number of hydrogen-bond donors (Lipinski definition) is 2. The summed E-state index contributed by atoms with van der Waals surface area (Å²) in [6.07, 6.45) is 2.32. The minimum absolute atomic E-state index is 0.0363. The van der Waals surface area contributed by atoms with Crippen molar-refractivity contribution in [2.24, 2.45) is 10.2 Å². The van der Waals surface area contributed by atoms with Crippen LogP contribution < -0.4 is 5.32 Å². The van der Waals surface area contributed by atoms with Crippen LogP contribution in [0.2, 0.25) is 5.02 Å². The maximum atomic E-state index is 11.6. The van der Waals surface area contributed by atoms with Crippen molar-refractivity contribution in [1.82, 2.24) is 5.32 Å². The molecular formula is C13H10ClN3O4S. The van der Waals surface area contributed by atoms with Gasteiger partial charge in [-0.15, -0.1) is 5.10 Å². The highest BCUT2D eigenvalue weighted by atomic mass is 35.5. The summed E-state index contributed by atoms with van der Waals surface area (Å²) < 4.78 is 4.44. The number of hydrogen-bond acceptors (Lipinski definition) is 7. The first kappa shape index (κ1) is 16.1. The monoisotopic (exact) mass is 339 g/mol. The van der Waals surface area contributed by atoms with Crippen LogP contribution >= 0.6 is 23.4 Å². The molecule has 1 aromatic carbocycles. The number of ether oxygens (including phenoxy) is 1. The fourth-order valence-corrected chi connectivity index (χ4v) is 2.39. The lowest BCUT2D eigenvalue weighted by atomic mass is 10.2. The van der Waals surface area contributed by atoms with Gasteiger partial charge in [0.05, 0.1) is 28.8 Å². The molecule has 0 saturated carbocycles. The van der Waals surface area contributed by atoms with Crippen LogP contribution in [0.1, 0.15) is 5.56 Å². The summed E-state index contributed by atoms with van der Waals surface area (Å²) in [7, 11) is 1.21. The van der Waals surface area contributed by atoms with Gasteiger partial charge in [-0.25, -0.2) is 4.79 Å². The summed E-state index contributed by atoms with van der Waals surface area (Å²) in [4.78, 5) is 22.8. The first-order chi connectivity index (χ1) is 10.5. The van der Waals surface area contributed by atoms with Crippen LogP contribution in [0.4, 0.5) is 0 Å². The van der Waals surface area contributed by atoms with Crippen LogP contribution in [0, 0.1) is 0 Å². The number of nitrogens with one attached hydrogen (secondary N) is 1. The van der Waals surface area contributed by atoms with Crippen molar-refractivity contribution in [2.75, 3.05) is 7.11 Å². The van der Waals surface area contributed by atoms with E-state index in [0.29, 0.717) is 10.6 Å². The Bertz CT molecular complexity index is 695. The zero-order chi connectivity index (χ0) is 16.1. The molecule has 1 amide bonds. The number of carbonyl (C=O) groups excluding carboxylic acids is 2. The summed E-state index contributed by atoms with van der Waals surface area (Å²) in [5.74, 6) is -1.14. The molecule has 1 heterocycles. The molecule has 114 valence electrons. The molecule has 0 unspecified atom stereocenters. The zero-order valence-corrected chi connectivity index (χ0v) is 12.8. The van der Waals surface area contributed by atoms with Crippen LogP contribution in [0.3, 0.4) is 0 Å². The van der Waals surface area contributed by atoms with Gasteiger partial charge in [-0.1, -0.05) is 17.7 Å². The Balaban J connectivity index is 2.12. The first-order valence-corrected chi connectivity index (χ1v) is 7.08. The van der Waals surface area contributed by atoms with Crippen molar-refractivity contribution in [2.45, 2.75) is 0 Å². The minimum atomic E-state index is -0.636. The predicted octanol–water partition coefficient (Wildman–Crippen LogP) is 1.66. The second-order valence-electron chi connectivity index (χ2n) is 3.91. The van der Waals surface area contributed by atoms with Gasteiger partial charge in [-0.05, 0) is 23.9 Å². The molecule has 1 aromatic rings. The molecule has 0 spiro atoms.